The molecule has 0 aromatic carbocycles. The number of amides is 1. The van der Waals surface area contributed by atoms with Gasteiger partial charge in [-0.2, -0.15) is 10.4 Å². The second-order valence-electron chi connectivity index (χ2n) is 3.92. The summed E-state index contributed by atoms with van der Waals surface area (Å²) in [4.78, 5) is 15.9. The fraction of sp³-hybridized carbons (Fsp3) is 0.636. The maximum Gasteiger partial charge on any atom is 0.240 e. The first-order valence-electron chi connectivity index (χ1n) is 5.62. The molecule has 0 unspecified atom stereocenters. The van der Waals surface area contributed by atoms with E-state index in [4.69, 9.17) is 5.26 Å². The lowest BCUT2D eigenvalue weighted by atomic mass is 9.83. The van der Waals surface area contributed by atoms with Gasteiger partial charge in [0.25, 0.3) is 0 Å². The maximum atomic E-state index is 11.9. The van der Waals surface area contributed by atoms with Crippen LogP contribution in [-0.2, 0) is 18.4 Å². The highest BCUT2D eigenvalue weighted by Gasteiger charge is 2.34. The number of nitrogens with zero attached hydrogens (tertiary/aromatic N) is 4. The number of aromatic nitrogens is 3. The predicted molar refractivity (Wildman–Crippen MR) is 61.5 cm³/mol. The molecule has 1 rings (SSSR count). The summed E-state index contributed by atoms with van der Waals surface area (Å²) in [6, 6.07) is 2.10. The van der Waals surface area contributed by atoms with Crippen LogP contribution in [0.4, 0.5) is 0 Å². The highest BCUT2D eigenvalue weighted by molar-refractivity contribution is 5.85. The number of hydrogen-bond donors (Lipinski definition) is 1. The smallest absolute Gasteiger partial charge is 0.240 e. The SMILES string of the molecule is CCC(C#N)(CC)C(=O)NCc1ncn(C)n1. The van der Waals surface area contributed by atoms with Gasteiger partial charge in [0.05, 0.1) is 12.6 Å². The van der Waals surface area contributed by atoms with E-state index in [0.717, 1.165) is 0 Å². The van der Waals surface area contributed by atoms with Crippen LogP contribution in [0.5, 0.6) is 0 Å². The number of carbonyl (C=O) groups excluding carboxylic acids is 1. The van der Waals surface area contributed by atoms with Gasteiger partial charge in [-0.25, -0.2) is 4.98 Å². The first kappa shape index (κ1) is 13.2. The van der Waals surface area contributed by atoms with Crippen molar-refractivity contribution in [1.82, 2.24) is 20.1 Å². The van der Waals surface area contributed by atoms with Crippen molar-refractivity contribution < 1.29 is 4.79 Å². The van der Waals surface area contributed by atoms with Crippen molar-refractivity contribution in [2.45, 2.75) is 33.2 Å². The largest absolute Gasteiger partial charge is 0.347 e. The molecule has 0 aliphatic carbocycles. The molecule has 0 fully saturated rings. The normalized spacial score (nSPS) is 10.9. The topological polar surface area (TPSA) is 83.6 Å². The highest BCUT2D eigenvalue weighted by atomic mass is 16.2. The summed E-state index contributed by atoms with van der Waals surface area (Å²) in [6.07, 6.45) is 2.57. The van der Waals surface area contributed by atoms with Gasteiger partial charge in [-0.3, -0.25) is 9.48 Å². The van der Waals surface area contributed by atoms with Crippen molar-refractivity contribution >= 4 is 5.91 Å². The van der Waals surface area contributed by atoms with Gasteiger partial charge in [-0.15, -0.1) is 0 Å². The van der Waals surface area contributed by atoms with Gasteiger partial charge in [0.2, 0.25) is 5.91 Å². The van der Waals surface area contributed by atoms with Crippen LogP contribution in [0.25, 0.3) is 0 Å². The Morgan fingerprint density at radius 1 is 1.59 bits per heavy atom. The van der Waals surface area contributed by atoms with Gasteiger partial charge in [0.1, 0.15) is 11.7 Å². The van der Waals surface area contributed by atoms with Crippen LogP contribution in [0.1, 0.15) is 32.5 Å². The van der Waals surface area contributed by atoms with Crippen LogP contribution in [0, 0.1) is 16.7 Å². The first-order chi connectivity index (χ1) is 8.07. The van der Waals surface area contributed by atoms with Gasteiger partial charge in [0, 0.05) is 7.05 Å². The Kier molecular flexibility index (Phi) is 4.21. The highest BCUT2D eigenvalue weighted by Crippen LogP contribution is 2.25. The molecular formula is C11H17N5O. The fourth-order valence-corrected chi connectivity index (χ4v) is 1.57. The lowest BCUT2D eigenvalue weighted by Crippen LogP contribution is -2.39. The minimum Gasteiger partial charge on any atom is -0.347 e. The van der Waals surface area contributed by atoms with Crippen molar-refractivity contribution in [2.75, 3.05) is 0 Å². The minimum absolute atomic E-state index is 0.252. The Morgan fingerprint density at radius 2 is 2.24 bits per heavy atom. The van der Waals surface area contributed by atoms with Gasteiger partial charge in [0.15, 0.2) is 5.82 Å². The Balaban J connectivity index is 2.63. The summed E-state index contributed by atoms with van der Waals surface area (Å²) in [5.41, 5.74) is -0.936. The third kappa shape index (κ3) is 2.81. The fourth-order valence-electron chi connectivity index (χ4n) is 1.57. The van der Waals surface area contributed by atoms with E-state index in [-0.39, 0.29) is 12.5 Å². The molecule has 0 radical (unpaired) electrons. The number of hydrogen-bond acceptors (Lipinski definition) is 4. The van der Waals surface area contributed by atoms with Crippen molar-refractivity contribution in [2.24, 2.45) is 12.5 Å². The van der Waals surface area contributed by atoms with Crippen molar-refractivity contribution in [3.8, 4) is 6.07 Å². The zero-order chi connectivity index (χ0) is 12.9. The second kappa shape index (κ2) is 5.43. The van der Waals surface area contributed by atoms with Crippen LogP contribution < -0.4 is 5.32 Å². The molecule has 0 saturated heterocycles. The average molecular weight is 235 g/mol. The number of rotatable bonds is 5. The van der Waals surface area contributed by atoms with Crippen LogP contribution in [0.3, 0.4) is 0 Å². The average Bonchev–Trinajstić information content (AvgIpc) is 2.75. The molecule has 6 nitrogen and oxygen atoms in total. The van der Waals surface area contributed by atoms with E-state index in [1.54, 1.807) is 18.1 Å². The zero-order valence-corrected chi connectivity index (χ0v) is 10.4. The molecule has 0 saturated carbocycles. The number of carbonyl (C=O) groups is 1. The molecule has 17 heavy (non-hydrogen) atoms. The second-order valence-corrected chi connectivity index (χ2v) is 3.92. The summed E-state index contributed by atoms with van der Waals surface area (Å²) in [5, 5.41) is 15.9. The van der Waals surface area contributed by atoms with E-state index < -0.39 is 5.41 Å². The maximum absolute atomic E-state index is 11.9. The lowest BCUT2D eigenvalue weighted by molar-refractivity contribution is -0.128. The zero-order valence-electron chi connectivity index (χ0n) is 10.4. The molecule has 1 aromatic rings. The Hall–Kier alpha value is -1.90. The summed E-state index contributed by atoms with van der Waals surface area (Å²) in [7, 11) is 1.76. The quantitative estimate of drug-likeness (QED) is 0.816. The monoisotopic (exact) mass is 235 g/mol. The van der Waals surface area contributed by atoms with Gasteiger partial charge in [-0.1, -0.05) is 13.8 Å². The van der Waals surface area contributed by atoms with Crippen LogP contribution in [-0.4, -0.2) is 20.7 Å². The number of nitriles is 1. The molecule has 0 aliphatic heterocycles. The first-order valence-corrected chi connectivity index (χ1v) is 5.62. The third-order valence-corrected chi connectivity index (χ3v) is 2.91. The summed E-state index contributed by atoms with van der Waals surface area (Å²) < 4.78 is 1.57. The predicted octanol–water partition coefficient (Wildman–Crippen LogP) is 0.761. The van der Waals surface area contributed by atoms with Crippen molar-refractivity contribution in [1.29, 1.82) is 5.26 Å². The summed E-state index contributed by atoms with van der Waals surface area (Å²) >= 11 is 0. The van der Waals surface area contributed by atoms with Gasteiger partial charge < -0.3 is 5.32 Å². The summed E-state index contributed by atoms with van der Waals surface area (Å²) in [5.74, 6) is 0.289. The molecule has 1 amide bonds. The Morgan fingerprint density at radius 3 is 2.65 bits per heavy atom. The molecule has 0 atom stereocenters. The number of aryl methyl sites for hydroxylation is 1. The lowest BCUT2D eigenvalue weighted by Gasteiger charge is -2.21. The molecule has 92 valence electrons. The molecule has 0 aliphatic rings. The van der Waals surface area contributed by atoms with Crippen LogP contribution >= 0.6 is 0 Å². The van der Waals surface area contributed by atoms with Gasteiger partial charge >= 0.3 is 0 Å². The van der Waals surface area contributed by atoms with E-state index in [2.05, 4.69) is 21.5 Å². The van der Waals surface area contributed by atoms with Gasteiger partial charge in [-0.05, 0) is 12.8 Å². The van der Waals surface area contributed by atoms with E-state index >= 15 is 0 Å². The third-order valence-electron chi connectivity index (χ3n) is 2.91. The molecular weight excluding hydrogens is 218 g/mol. The van der Waals surface area contributed by atoms with E-state index in [0.29, 0.717) is 18.7 Å². The van der Waals surface area contributed by atoms with Crippen molar-refractivity contribution in [3.05, 3.63) is 12.2 Å². The van der Waals surface area contributed by atoms with Crippen LogP contribution in [0.2, 0.25) is 0 Å². The molecule has 0 spiro atoms. The molecule has 1 heterocycles. The minimum atomic E-state index is -0.936. The number of nitrogens with one attached hydrogen (secondary N) is 1. The molecule has 6 heteroatoms. The molecule has 0 bridgehead atoms. The molecule has 1 N–H and O–H groups in total. The molecule has 1 aromatic heterocycles. The van der Waals surface area contributed by atoms with E-state index in [1.165, 1.54) is 0 Å². The standard InChI is InChI=1S/C11H17N5O/c1-4-11(5-2,7-12)10(17)13-6-9-14-8-16(3)15-9/h8H,4-6H2,1-3H3,(H,13,17). The Labute approximate surface area is 101 Å². The van der Waals surface area contributed by atoms with E-state index in [1.807, 2.05) is 13.8 Å². The van der Waals surface area contributed by atoms with Crippen LogP contribution in [0.15, 0.2) is 6.33 Å². The van der Waals surface area contributed by atoms with E-state index in [9.17, 15) is 4.79 Å². The Bertz CT molecular complexity index is 427. The van der Waals surface area contributed by atoms with Crippen molar-refractivity contribution in [3.63, 3.8) is 0 Å². The summed E-state index contributed by atoms with van der Waals surface area (Å²) in [6.45, 7) is 3.93.